The van der Waals surface area contributed by atoms with Gasteiger partial charge in [0, 0.05) is 29.4 Å². The largest absolute Gasteiger partial charge is 0.490 e. The number of aromatic nitrogens is 1. The number of hydrogen-bond donors (Lipinski definition) is 1. The Balaban J connectivity index is 2.24. The van der Waals surface area contributed by atoms with Gasteiger partial charge in [-0.15, -0.1) is 0 Å². The van der Waals surface area contributed by atoms with E-state index in [1.54, 1.807) is 0 Å². The molecule has 3 rings (SSSR count). The number of nitrogens with zero attached hydrogens (tertiary/aromatic N) is 3. The molecule has 0 unspecified atom stereocenters. The quantitative estimate of drug-likeness (QED) is 0.489. The summed E-state index contributed by atoms with van der Waals surface area (Å²) < 4.78 is 18.7. The fourth-order valence-electron chi connectivity index (χ4n) is 2.45. The Morgan fingerprint density at radius 1 is 1.38 bits per heavy atom. The molecule has 1 aromatic heterocycles. The maximum atomic E-state index is 13.4. The molecule has 2 aromatic carbocycles. The number of nitro benzene ring substituents is 1. The van der Waals surface area contributed by atoms with E-state index in [4.69, 9.17) is 4.74 Å². The van der Waals surface area contributed by atoms with Crippen molar-refractivity contribution in [2.45, 2.75) is 0 Å². The van der Waals surface area contributed by atoms with Crippen LogP contribution in [0, 0.1) is 27.3 Å². The molecule has 0 aliphatic heterocycles. The summed E-state index contributed by atoms with van der Waals surface area (Å²) in [6, 6.07) is 8.97. The van der Waals surface area contributed by atoms with Gasteiger partial charge in [0.15, 0.2) is 5.75 Å². The topological polar surface area (TPSA) is 101 Å². The molecule has 0 saturated heterocycles. The van der Waals surface area contributed by atoms with Crippen LogP contribution < -0.4 is 10.1 Å². The van der Waals surface area contributed by atoms with E-state index in [-0.39, 0.29) is 21.5 Å². The first-order chi connectivity index (χ1) is 12.4. The van der Waals surface area contributed by atoms with Gasteiger partial charge in [0.1, 0.15) is 11.9 Å². The maximum absolute atomic E-state index is 13.4. The summed E-state index contributed by atoms with van der Waals surface area (Å²) in [6.07, 6.45) is 1.36. The minimum absolute atomic E-state index is 0.0650. The Morgan fingerprint density at radius 2 is 2.15 bits per heavy atom. The Morgan fingerprint density at radius 3 is 2.77 bits per heavy atom. The number of nitrogens with one attached hydrogen (secondary N) is 1. The van der Waals surface area contributed by atoms with E-state index in [0.717, 1.165) is 0 Å². The second kappa shape index (κ2) is 6.93. The predicted molar refractivity (Wildman–Crippen MR) is 97.0 cm³/mol. The first-order valence-electron chi connectivity index (χ1n) is 7.22. The molecule has 9 heteroatoms. The van der Waals surface area contributed by atoms with Crippen molar-refractivity contribution in [3.63, 3.8) is 0 Å². The lowest BCUT2D eigenvalue weighted by Gasteiger charge is -2.13. The van der Waals surface area contributed by atoms with Gasteiger partial charge in [0.05, 0.1) is 33.3 Å². The van der Waals surface area contributed by atoms with Crippen LogP contribution >= 0.6 is 15.9 Å². The van der Waals surface area contributed by atoms with Crippen LogP contribution in [0.3, 0.4) is 0 Å². The van der Waals surface area contributed by atoms with E-state index >= 15 is 0 Å². The van der Waals surface area contributed by atoms with Crippen LogP contribution in [0.2, 0.25) is 0 Å². The fraction of sp³-hybridized carbons (Fsp3) is 0.0588. The van der Waals surface area contributed by atoms with Gasteiger partial charge in [-0.25, -0.2) is 4.39 Å². The highest BCUT2D eigenvalue weighted by Gasteiger charge is 2.20. The molecule has 0 aliphatic carbocycles. The third-order valence-electron chi connectivity index (χ3n) is 3.67. The lowest BCUT2D eigenvalue weighted by molar-refractivity contribution is -0.385. The van der Waals surface area contributed by atoms with Gasteiger partial charge < -0.3 is 10.1 Å². The molecular formula is C17H10BrFN4O3. The van der Waals surface area contributed by atoms with E-state index in [0.29, 0.717) is 22.3 Å². The first-order valence-corrected chi connectivity index (χ1v) is 8.01. The van der Waals surface area contributed by atoms with E-state index in [9.17, 15) is 19.8 Å². The number of rotatable bonds is 4. The average molecular weight is 417 g/mol. The third-order valence-corrected chi connectivity index (χ3v) is 4.28. The number of fused-ring (bicyclic) bond motifs is 1. The fourth-order valence-corrected chi connectivity index (χ4v) is 2.83. The molecule has 0 saturated carbocycles. The molecule has 0 radical (unpaired) electrons. The highest BCUT2D eigenvalue weighted by atomic mass is 79.9. The molecular weight excluding hydrogens is 407 g/mol. The molecule has 0 amide bonds. The highest BCUT2D eigenvalue weighted by molar-refractivity contribution is 9.10. The lowest BCUT2D eigenvalue weighted by Crippen LogP contribution is -1.99. The molecule has 0 bridgehead atoms. The lowest BCUT2D eigenvalue weighted by atomic mass is 10.1. The molecule has 1 N–H and O–H groups in total. The van der Waals surface area contributed by atoms with E-state index < -0.39 is 10.7 Å². The van der Waals surface area contributed by atoms with Crippen molar-refractivity contribution in [1.82, 2.24) is 4.98 Å². The van der Waals surface area contributed by atoms with Crippen LogP contribution in [0.4, 0.5) is 21.5 Å². The van der Waals surface area contributed by atoms with Gasteiger partial charge in [0.25, 0.3) is 0 Å². The average Bonchev–Trinajstić information content (AvgIpc) is 2.63. The Labute approximate surface area is 155 Å². The zero-order chi connectivity index (χ0) is 18.8. The summed E-state index contributed by atoms with van der Waals surface area (Å²) in [4.78, 5) is 14.9. The van der Waals surface area contributed by atoms with E-state index in [2.05, 4.69) is 26.2 Å². The van der Waals surface area contributed by atoms with Crippen molar-refractivity contribution in [1.29, 1.82) is 5.26 Å². The number of benzene rings is 2. The van der Waals surface area contributed by atoms with Gasteiger partial charge in [-0.05, 0) is 34.1 Å². The van der Waals surface area contributed by atoms with Crippen LogP contribution in [0.5, 0.6) is 5.75 Å². The molecule has 26 heavy (non-hydrogen) atoms. The molecule has 130 valence electrons. The van der Waals surface area contributed by atoms with Gasteiger partial charge in [-0.2, -0.15) is 5.26 Å². The second-order valence-electron chi connectivity index (χ2n) is 5.21. The zero-order valence-corrected chi connectivity index (χ0v) is 14.9. The van der Waals surface area contributed by atoms with Crippen LogP contribution in [0.15, 0.2) is 41.0 Å². The summed E-state index contributed by atoms with van der Waals surface area (Å²) in [7, 11) is 1.33. The summed E-state index contributed by atoms with van der Waals surface area (Å²) in [5.74, 6) is -0.369. The Hall–Kier alpha value is -3.25. The molecule has 0 fully saturated rings. The predicted octanol–water partition coefficient (Wildman–Crippen LogP) is 4.67. The van der Waals surface area contributed by atoms with Crippen molar-refractivity contribution in [2.24, 2.45) is 0 Å². The van der Waals surface area contributed by atoms with Crippen LogP contribution in [-0.2, 0) is 0 Å². The molecule has 0 aliphatic rings. The third kappa shape index (κ3) is 3.14. The summed E-state index contributed by atoms with van der Waals surface area (Å²) in [5, 5.41) is 24.1. The zero-order valence-electron chi connectivity index (χ0n) is 13.3. The van der Waals surface area contributed by atoms with Crippen molar-refractivity contribution in [2.75, 3.05) is 12.4 Å². The van der Waals surface area contributed by atoms with Gasteiger partial charge in [-0.1, -0.05) is 0 Å². The minimum atomic E-state index is -0.574. The number of halogens is 2. The molecule has 3 aromatic rings. The first kappa shape index (κ1) is 17.6. The van der Waals surface area contributed by atoms with E-state index in [1.807, 2.05) is 6.07 Å². The Kier molecular flexibility index (Phi) is 4.69. The SMILES string of the molecule is COc1cc2ncc(C#N)c(Nc3ccc(F)c(Br)c3)c2cc1[N+](=O)[O-]. The van der Waals surface area contributed by atoms with Crippen molar-refractivity contribution < 1.29 is 14.1 Å². The second-order valence-corrected chi connectivity index (χ2v) is 6.07. The number of nitro groups is 1. The van der Waals surface area contributed by atoms with Gasteiger partial charge in [-0.3, -0.25) is 15.1 Å². The van der Waals surface area contributed by atoms with Crippen molar-refractivity contribution >= 4 is 43.9 Å². The van der Waals surface area contributed by atoms with E-state index in [1.165, 1.54) is 43.6 Å². The molecule has 1 heterocycles. The molecule has 0 atom stereocenters. The summed E-state index contributed by atoms with van der Waals surface area (Å²) >= 11 is 3.10. The molecule has 0 spiro atoms. The monoisotopic (exact) mass is 416 g/mol. The van der Waals surface area contributed by atoms with Crippen LogP contribution in [0.1, 0.15) is 5.56 Å². The number of hydrogen-bond acceptors (Lipinski definition) is 6. The Bertz CT molecular complexity index is 1080. The standard InChI is InChI=1S/C17H10BrFN4O3/c1-26-16-6-14-11(5-15(16)23(24)25)17(9(7-20)8-21-14)22-10-2-3-13(19)12(18)4-10/h2-6,8H,1H3,(H,21,22). The van der Waals surface area contributed by atoms with Crippen molar-refractivity contribution in [3.05, 3.63) is 62.5 Å². The summed E-state index contributed by atoms with van der Waals surface area (Å²) in [5.41, 5.74) is 1.19. The smallest absolute Gasteiger partial charge is 0.311 e. The minimum Gasteiger partial charge on any atom is -0.490 e. The van der Waals surface area contributed by atoms with Gasteiger partial charge >= 0.3 is 5.69 Å². The number of anilines is 2. The molecule has 7 nitrogen and oxygen atoms in total. The van der Waals surface area contributed by atoms with Crippen molar-refractivity contribution in [3.8, 4) is 11.8 Å². The normalized spacial score (nSPS) is 10.4. The van der Waals surface area contributed by atoms with Crippen LogP contribution in [-0.4, -0.2) is 17.0 Å². The van der Waals surface area contributed by atoms with Gasteiger partial charge in [0.2, 0.25) is 0 Å². The van der Waals surface area contributed by atoms with Crippen LogP contribution in [0.25, 0.3) is 10.9 Å². The number of nitriles is 1. The number of pyridine rings is 1. The summed E-state index contributed by atoms with van der Waals surface area (Å²) in [6.45, 7) is 0. The number of ether oxygens (including phenoxy) is 1. The number of methoxy groups -OCH3 is 1. The maximum Gasteiger partial charge on any atom is 0.311 e. The highest BCUT2D eigenvalue weighted by Crippen LogP contribution is 2.37.